The maximum atomic E-state index is 11.9. The largest absolute Gasteiger partial charge is 0.338 e. The number of rotatable bonds is 7. The molecule has 5 heteroatoms. The van der Waals surface area contributed by atoms with Crippen LogP contribution in [-0.2, 0) is 0 Å². The lowest BCUT2D eigenvalue weighted by molar-refractivity contribution is 0.136. The molecule has 0 aromatic heterocycles. The first-order chi connectivity index (χ1) is 9.13. The van der Waals surface area contributed by atoms with Crippen LogP contribution in [0.1, 0.15) is 26.2 Å². The van der Waals surface area contributed by atoms with Gasteiger partial charge in [0.15, 0.2) is 0 Å². The molecule has 1 aliphatic heterocycles. The van der Waals surface area contributed by atoms with Crippen molar-refractivity contribution in [2.45, 2.75) is 26.2 Å². The highest BCUT2D eigenvalue weighted by molar-refractivity contribution is 5.74. The van der Waals surface area contributed by atoms with Crippen LogP contribution in [0.4, 0.5) is 4.79 Å². The number of carbonyl (C=O) groups is 1. The van der Waals surface area contributed by atoms with E-state index in [4.69, 9.17) is 0 Å². The Bertz CT molecular complexity index is 250. The van der Waals surface area contributed by atoms with Gasteiger partial charge in [0.05, 0.1) is 0 Å². The van der Waals surface area contributed by atoms with Crippen LogP contribution in [0, 0.1) is 0 Å². The standard InChI is InChI=1S/C14H30N4O/c1-4-5-7-15-14(19)18-12-10-17(11-13-18)9-6-8-16(2)3/h4-13H2,1-3H3,(H,15,19). The van der Waals surface area contributed by atoms with Gasteiger partial charge in [0.2, 0.25) is 0 Å². The van der Waals surface area contributed by atoms with Crippen molar-refractivity contribution in [2.24, 2.45) is 0 Å². The maximum absolute atomic E-state index is 11.9. The Morgan fingerprint density at radius 2 is 1.84 bits per heavy atom. The number of hydrogen-bond donors (Lipinski definition) is 1. The molecule has 0 radical (unpaired) electrons. The Hall–Kier alpha value is -0.810. The van der Waals surface area contributed by atoms with Crippen LogP contribution in [0.5, 0.6) is 0 Å². The zero-order valence-corrected chi connectivity index (χ0v) is 12.8. The molecule has 0 unspecified atom stereocenters. The van der Waals surface area contributed by atoms with Crippen LogP contribution in [0.15, 0.2) is 0 Å². The van der Waals surface area contributed by atoms with Gasteiger partial charge in [-0.25, -0.2) is 4.79 Å². The van der Waals surface area contributed by atoms with Gasteiger partial charge in [-0.1, -0.05) is 13.3 Å². The van der Waals surface area contributed by atoms with E-state index in [1.807, 2.05) is 4.90 Å². The van der Waals surface area contributed by atoms with Crippen molar-refractivity contribution >= 4 is 6.03 Å². The molecule has 1 rings (SSSR count). The fourth-order valence-electron chi connectivity index (χ4n) is 2.27. The van der Waals surface area contributed by atoms with Crippen molar-refractivity contribution in [3.8, 4) is 0 Å². The van der Waals surface area contributed by atoms with E-state index in [0.29, 0.717) is 0 Å². The highest BCUT2D eigenvalue weighted by Gasteiger charge is 2.20. The average Bonchev–Trinajstić information content (AvgIpc) is 2.39. The third-order valence-corrected chi connectivity index (χ3v) is 3.55. The highest BCUT2D eigenvalue weighted by Crippen LogP contribution is 2.03. The Morgan fingerprint density at radius 1 is 1.16 bits per heavy atom. The van der Waals surface area contributed by atoms with Gasteiger partial charge in [-0.05, 0) is 40.0 Å². The fraction of sp³-hybridized carbons (Fsp3) is 0.929. The Kier molecular flexibility index (Phi) is 7.82. The number of piperazine rings is 1. The second-order valence-corrected chi connectivity index (χ2v) is 5.57. The van der Waals surface area contributed by atoms with Crippen molar-refractivity contribution in [3.63, 3.8) is 0 Å². The van der Waals surface area contributed by atoms with E-state index in [0.717, 1.165) is 58.7 Å². The van der Waals surface area contributed by atoms with E-state index in [-0.39, 0.29) is 6.03 Å². The Balaban J connectivity index is 2.12. The maximum Gasteiger partial charge on any atom is 0.317 e. The summed E-state index contributed by atoms with van der Waals surface area (Å²) in [7, 11) is 4.22. The molecule has 1 fully saturated rings. The molecule has 0 atom stereocenters. The Labute approximate surface area is 117 Å². The summed E-state index contributed by atoms with van der Waals surface area (Å²) in [5.41, 5.74) is 0. The topological polar surface area (TPSA) is 38.8 Å². The minimum absolute atomic E-state index is 0.112. The second-order valence-electron chi connectivity index (χ2n) is 5.57. The summed E-state index contributed by atoms with van der Waals surface area (Å²) >= 11 is 0. The van der Waals surface area contributed by atoms with Crippen LogP contribution in [-0.4, -0.2) is 80.6 Å². The summed E-state index contributed by atoms with van der Waals surface area (Å²) in [4.78, 5) is 18.5. The lowest BCUT2D eigenvalue weighted by Crippen LogP contribution is -2.52. The minimum Gasteiger partial charge on any atom is -0.338 e. The minimum atomic E-state index is 0.112. The molecule has 2 amide bonds. The first kappa shape index (κ1) is 16.2. The average molecular weight is 270 g/mol. The van der Waals surface area contributed by atoms with Gasteiger partial charge in [-0.3, -0.25) is 4.90 Å². The number of nitrogens with zero attached hydrogens (tertiary/aromatic N) is 3. The van der Waals surface area contributed by atoms with Gasteiger partial charge in [-0.2, -0.15) is 0 Å². The molecule has 0 bridgehead atoms. The molecule has 112 valence electrons. The van der Waals surface area contributed by atoms with Crippen LogP contribution in [0.3, 0.4) is 0 Å². The summed E-state index contributed by atoms with van der Waals surface area (Å²) in [5.74, 6) is 0. The van der Waals surface area contributed by atoms with Gasteiger partial charge in [0, 0.05) is 32.7 Å². The second kappa shape index (κ2) is 9.15. The zero-order chi connectivity index (χ0) is 14.1. The number of unbranched alkanes of at least 4 members (excludes halogenated alkanes) is 1. The molecule has 1 saturated heterocycles. The molecule has 0 aromatic carbocycles. The van der Waals surface area contributed by atoms with Gasteiger partial charge >= 0.3 is 6.03 Å². The number of nitrogens with one attached hydrogen (secondary N) is 1. The summed E-state index contributed by atoms with van der Waals surface area (Å²) in [5, 5.41) is 2.99. The van der Waals surface area contributed by atoms with Crippen molar-refractivity contribution < 1.29 is 4.79 Å². The quantitative estimate of drug-likeness (QED) is 0.703. The van der Waals surface area contributed by atoms with E-state index in [1.165, 1.54) is 6.42 Å². The smallest absolute Gasteiger partial charge is 0.317 e. The number of amides is 2. The normalized spacial score (nSPS) is 16.9. The fourth-order valence-corrected chi connectivity index (χ4v) is 2.27. The summed E-state index contributed by atoms with van der Waals surface area (Å²) in [6.45, 7) is 8.96. The van der Waals surface area contributed by atoms with E-state index in [2.05, 4.69) is 36.1 Å². The van der Waals surface area contributed by atoms with E-state index < -0.39 is 0 Å². The third kappa shape index (κ3) is 6.78. The molecule has 1 aliphatic rings. The highest BCUT2D eigenvalue weighted by atomic mass is 16.2. The molecular formula is C14H30N4O. The lowest BCUT2D eigenvalue weighted by Gasteiger charge is -2.34. The predicted octanol–water partition coefficient (Wildman–Crippen LogP) is 1.07. The van der Waals surface area contributed by atoms with Crippen LogP contribution < -0.4 is 5.32 Å². The first-order valence-corrected chi connectivity index (χ1v) is 7.53. The summed E-state index contributed by atoms with van der Waals surface area (Å²) < 4.78 is 0. The number of urea groups is 1. The summed E-state index contributed by atoms with van der Waals surface area (Å²) in [6.07, 6.45) is 3.39. The number of hydrogen-bond acceptors (Lipinski definition) is 3. The third-order valence-electron chi connectivity index (χ3n) is 3.55. The number of carbonyl (C=O) groups excluding carboxylic acids is 1. The zero-order valence-electron chi connectivity index (χ0n) is 12.8. The van der Waals surface area contributed by atoms with Crippen molar-refractivity contribution in [1.29, 1.82) is 0 Å². The molecular weight excluding hydrogens is 240 g/mol. The van der Waals surface area contributed by atoms with Crippen LogP contribution in [0.2, 0.25) is 0 Å². The molecule has 19 heavy (non-hydrogen) atoms. The van der Waals surface area contributed by atoms with E-state index in [9.17, 15) is 4.79 Å². The van der Waals surface area contributed by atoms with Gasteiger partial charge in [0.25, 0.3) is 0 Å². The molecule has 0 aliphatic carbocycles. The van der Waals surface area contributed by atoms with Gasteiger partial charge in [0.1, 0.15) is 0 Å². The first-order valence-electron chi connectivity index (χ1n) is 7.53. The molecule has 1 N–H and O–H groups in total. The van der Waals surface area contributed by atoms with Crippen molar-refractivity contribution in [3.05, 3.63) is 0 Å². The summed E-state index contributed by atoms with van der Waals surface area (Å²) in [6, 6.07) is 0.112. The van der Waals surface area contributed by atoms with Crippen LogP contribution >= 0.6 is 0 Å². The molecule has 0 spiro atoms. The molecule has 0 saturated carbocycles. The monoisotopic (exact) mass is 270 g/mol. The molecule has 1 heterocycles. The van der Waals surface area contributed by atoms with Crippen molar-refractivity contribution in [1.82, 2.24) is 20.0 Å². The Morgan fingerprint density at radius 3 is 2.42 bits per heavy atom. The van der Waals surface area contributed by atoms with Crippen LogP contribution in [0.25, 0.3) is 0 Å². The van der Waals surface area contributed by atoms with Crippen molar-refractivity contribution in [2.75, 3.05) is 59.9 Å². The molecule has 5 nitrogen and oxygen atoms in total. The molecule has 0 aromatic rings. The lowest BCUT2D eigenvalue weighted by atomic mass is 10.3. The van der Waals surface area contributed by atoms with Gasteiger partial charge < -0.3 is 15.1 Å². The van der Waals surface area contributed by atoms with E-state index >= 15 is 0 Å². The van der Waals surface area contributed by atoms with E-state index in [1.54, 1.807) is 0 Å². The van der Waals surface area contributed by atoms with Gasteiger partial charge in [-0.15, -0.1) is 0 Å². The predicted molar refractivity (Wildman–Crippen MR) is 79.5 cm³/mol. The SMILES string of the molecule is CCCCNC(=O)N1CCN(CCCN(C)C)CC1.